The van der Waals surface area contributed by atoms with E-state index in [0.717, 1.165) is 25.7 Å². The number of carbonyl (C=O) groups excluding carboxylic acids is 3. The Morgan fingerprint density at radius 2 is 1.48 bits per heavy atom. The van der Waals surface area contributed by atoms with E-state index in [2.05, 4.69) is 10.6 Å². The fourth-order valence-corrected chi connectivity index (χ4v) is 4.53. The number of likely N-dealkylation sites (tertiary alicyclic amines) is 1. The molecule has 3 amide bonds. The number of piperidine rings is 1. The number of benzene rings is 2. The number of nitrogens with one attached hydrogen (secondary N) is 2. The molecule has 0 spiro atoms. The maximum atomic E-state index is 12.7. The minimum absolute atomic E-state index is 0.0372. The molecule has 0 atom stereocenters. The molecule has 176 valence electrons. The zero-order chi connectivity index (χ0) is 24.0. The molecule has 1 aliphatic heterocycles. The zero-order valence-corrected chi connectivity index (χ0v) is 20.4. The number of halogens is 2. The quantitative estimate of drug-likeness (QED) is 0.546. The molecule has 0 bridgehead atoms. The maximum absolute atomic E-state index is 12.7. The third-order valence-electron chi connectivity index (χ3n) is 6.01. The van der Waals surface area contributed by atoms with E-state index in [1.165, 1.54) is 12.1 Å². The molecule has 33 heavy (non-hydrogen) atoms. The lowest BCUT2D eigenvalue weighted by molar-refractivity contribution is -0.136. The number of amides is 3. The Balaban J connectivity index is 1.51. The van der Waals surface area contributed by atoms with E-state index in [1.54, 1.807) is 30.3 Å². The molecule has 0 unspecified atom stereocenters. The molecule has 1 aliphatic rings. The predicted octanol–water partition coefficient (Wildman–Crippen LogP) is 5.40. The summed E-state index contributed by atoms with van der Waals surface area (Å²) in [5.41, 5.74) is 1.42. The van der Waals surface area contributed by atoms with Crippen molar-refractivity contribution in [2.45, 2.75) is 45.6 Å². The SMILES string of the molecule is CCC(CC)C(=O)N1CCC(NC(=O)c2ccc(NC(=O)c3cc(Cl)cc(Cl)c3)cc2)CC1. The van der Waals surface area contributed by atoms with Crippen molar-refractivity contribution in [1.82, 2.24) is 10.2 Å². The van der Waals surface area contributed by atoms with Crippen molar-refractivity contribution in [2.75, 3.05) is 18.4 Å². The predicted molar refractivity (Wildman–Crippen MR) is 132 cm³/mol. The molecule has 1 saturated heterocycles. The Bertz CT molecular complexity index is 978. The van der Waals surface area contributed by atoms with Crippen LogP contribution in [0.4, 0.5) is 5.69 Å². The standard InChI is InChI=1S/C25H29Cl2N3O3/c1-3-16(4-2)25(33)30-11-9-22(10-12-30)29-23(31)17-5-7-21(8-6-17)28-24(32)18-13-19(26)15-20(27)14-18/h5-8,13-16,22H,3-4,9-12H2,1-2H3,(H,28,32)(H,29,31). The summed E-state index contributed by atoms with van der Waals surface area (Å²) in [4.78, 5) is 39.5. The summed E-state index contributed by atoms with van der Waals surface area (Å²) < 4.78 is 0. The number of carbonyl (C=O) groups is 3. The van der Waals surface area contributed by atoms with Gasteiger partial charge in [-0.05, 0) is 68.1 Å². The van der Waals surface area contributed by atoms with Gasteiger partial charge in [0.1, 0.15) is 0 Å². The van der Waals surface area contributed by atoms with Crippen molar-refractivity contribution >= 4 is 46.6 Å². The summed E-state index contributed by atoms with van der Waals surface area (Å²) in [6.07, 6.45) is 3.20. The van der Waals surface area contributed by atoms with Gasteiger partial charge in [-0.3, -0.25) is 14.4 Å². The summed E-state index contributed by atoms with van der Waals surface area (Å²) in [5.74, 6) is -0.195. The Kier molecular flexibility index (Phi) is 8.75. The van der Waals surface area contributed by atoms with Crippen molar-refractivity contribution in [1.29, 1.82) is 0 Å². The van der Waals surface area contributed by atoms with Crippen LogP contribution in [0.1, 0.15) is 60.2 Å². The third-order valence-corrected chi connectivity index (χ3v) is 6.44. The summed E-state index contributed by atoms with van der Waals surface area (Å²) >= 11 is 11.9. The first-order valence-corrected chi connectivity index (χ1v) is 12.0. The first kappa shape index (κ1) is 25.1. The molecule has 6 nitrogen and oxygen atoms in total. The average molecular weight is 490 g/mol. The van der Waals surface area contributed by atoms with Gasteiger partial charge in [-0.15, -0.1) is 0 Å². The molecule has 8 heteroatoms. The molecule has 0 aliphatic carbocycles. The summed E-state index contributed by atoms with van der Waals surface area (Å²) in [6.45, 7) is 5.42. The van der Waals surface area contributed by atoms with Crippen LogP contribution in [0, 0.1) is 5.92 Å². The zero-order valence-electron chi connectivity index (χ0n) is 18.9. The van der Waals surface area contributed by atoms with E-state index < -0.39 is 0 Å². The van der Waals surface area contributed by atoms with Crippen molar-refractivity contribution in [3.8, 4) is 0 Å². The Morgan fingerprint density at radius 1 is 0.909 bits per heavy atom. The highest BCUT2D eigenvalue weighted by atomic mass is 35.5. The molecule has 0 saturated carbocycles. The number of anilines is 1. The first-order valence-electron chi connectivity index (χ1n) is 11.3. The van der Waals surface area contributed by atoms with Crippen molar-refractivity contribution < 1.29 is 14.4 Å². The highest BCUT2D eigenvalue weighted by Gasteiger charge is 2.27. The van der Waals surface area contributed by atoms with Crippen molar-refractivity contribution in [2.24, 2.45) is 5.92 Å². The van der Waals surface area contributed by atoms with Gasteiger partial charge in [0.15, 0.2) is 0 Å². The van der Waals surface area contributed by atoms with Gasteiger partial charge >= 0.3 is 0 Å². The minimum atomic E-state index is -0.341. The van der Waals surface area contributed by atoms with Crippen LogP contribution in [-0.4, -0.2) is 41.8 Å². The highest BCUT2D eigenvalue weighted by Crippen LogP contribution is 2.21. The fourth-order valence-electron chi connectivity index (χ4n) is 4.00. The van der Waals surface area contributed by atoms with Gasteiger partial charge in [0.2, 0.25) is 5.91 Å². The van der Waals surface area contributed by atoms with E-state index in [9.17, 15) is 14.4 Å². The van der Waals surface area contributed by atoms with Crippen LogP contribution < -0.4 is 10.6 Å². The lowest BCUT2D eigenvalue weighted by Crippen LogP contribution is -2.48. The average Bonchev–Trinajstić information content (AvgIpc) is 2.80. The fraction of sp³-hybridized carbons (Fsp3) is 0.400. The van der Waals surface area contributed by atoms with Gasteiger partial charge in [0, 0.05) is 51.9 Å². The number of hydrogen-bond donors (Lipinski definition) is 2. The van der Waals surface area contributed by atoms with Gasteiger partial charge in [-0.2, -0.15) is 0 Å². The first-order chi connectivity index (χ1) is 15.8. The second kappa shape index (κ2) is 11.5. The molecule has 1 heterocycles. The second-order valence-electron chi connectivity index (χ2n) is 8.28. The largest absolute Gasteiger partial charge is 0.349 e. The van der Waals surface area contributed by atoms with Crippen LogP contribution in [0.5, 0.6) is 0 Å². The molecule has 2 aromatic rings. The minimum Gasteiger partial charge on any atom is -0.349 e. The Hall–Kier alpha value is -2.57. The monoisotopic (exact) mass is 489 g/mol. The lowest BCUT2D eigenvalue weighted by atomic mass is 9.98. The lowest BCUT2D eigenvalue weighted by Gasteiger charge is -2.34. The van der Waals surface area contributed by atoms with Crippen molar-refractivity contribution in [3.63, 3.8) is 0 Å². The van der Waals surface area contributed by atoms with Gasteiger partial charge in [-0.25, -0.2) is 0 Å². The van der Waals surface area contributed by atoms with Gasteiger partial charge in [0.05, 0.1) is 0 Å². The van der Waals surface area contributed by atoms with Crippen LogP contribution >= 0.6 is 23.2 Å². The summed E-state index contributed by atoms with van der Waals surface area (Å²) in [6, 6.07) is 11.4. The third kappa shape index (κ3) is 6.71. The molecule has 3 rings (SSSR count). The molecule has 0 radical (unpaired) electrons. The molecular weight excluding hydrogens is 461 g/mol. The molecule has 2 N–H and O–H groups in total. The normalized spacial score (nSPS) is 14.3. The van der Waals surface area contributed by atoms with Crippen molar-refractivity contribution in [3.05, 3.63) is 63.6 Å². The Morgan fingerprint density at radius 3 is 2.03 bits per heavy atom. The van der Waals surface area contributed by atoms with Crippen LogP contribution in [0.25, 0.3) is 0 Å². The topological polar surface area (TPSA) is 78.5 Å². The van der Waals surface area contributed by atoms with E-state index in [-0.39, 0.29) is 29.7 Å². The maximum Gasteiger partial charge on any atom is 0.255 e. The van der Waals surface area contributed by atoms with E-state index in [4.69, 9.17) is 23.2 Å². The van der Waals surface area contributed by atoms with Crippen LogP contribution in [0.2, 0.25) is 10.0 Å². The van der Waals surface area contributed by atoms with Crippen LogP contribution in [-0.2, 0) is 4.79 Å². The molecular formula is C25H29Cl2N3O3. The van der Waals surface area contributed by atoms with Crippen LogP contribution in [0.15, 0.2) is 42.5 Å². The van der Waals surface area contributed by atoms with E-state index >= 15 is 0 Å². The highest BCUT2D eigenvalue weighted by molar-refractivity contribution is 6.35. The van der Waals surface area contributed by atoms with Crippen LogP contribution in [0.3, 0.4) is 0 Å². The van der Waals surface area contributed by atoms with E-state index in [0.29, 0.717) is 39.9 Å². The number of rotatable bonds is 7. The van der Waals surface area contributed by atoms with E-state index in [1.807, 2.05) is 18.7 Å². The molecule has 2 aromatic carbocycles. The smallest absolute Gasteiger partial charge is 0.255 e. The molecule has 0 aromatic heterocycles. The number of nitrogens with zero attached hydrogens (tertiary/aromatic N) is 1. The van der Waals surface area contributed by atoms with Gasteiger partial charge in [-0.1, -0.05) is 37.0 Å². The Labute approximate surface area is 204 Å². The van der Waals surface area contributed by atoms with Gasteiger partial charge < -0.3 is 15.5 Å². The summed E-state index contributed by atoms with van der Waals surface area (Å²) in [7, 11) is 0. The summed E-state index contributed by atoms with van der Waals surface area (Å²) in [5, 5.41) is 6.59. The number of hydrogen-bond acceptors (Lipinski definition) is 3. The second-order valence-corrected chi connectivity index (χ2v) is 9.15. The van der Waals surface area contributed by atoms with Gasteiger partial charge in [0.25, 0.3) is 11.8 Å². The molecule has 1 fully saturated rings.